The molecule has 25 heavy (non-hydrogen) atoms. The van der Waals surface area contributed by atoms with E-state index in [2.05, 4.69) is 58.8 Å². The Hall–Kier alpha value is -2.82. The second-order valence-electron chi connectivity index (χ2n) is 6.57. The molecular formula is C20H24N4O. The zero-order valence-electron chi connectivity index (χ0n) is 14.7. The monoisotopic (exact) mass is 336 g/mol. The molecule has 0 spiro atoms. The van der Waals surface area contributed by atoms with E-state index in [-0.39, 0.29) is 5.91 Å². The number of rotatable bonds is 7. The molecule has 0 aliphatic rings. The van der Waals surface area contributed by atoms with Gasteiger partial charge in [0.1, 0.15) is 5.82 Å². The van der Waals surface area contributed by atoms with Crippen molar-refractivity contribution in [2.45, 2.75) is 20.3 Å². The number of hydrogen-bond acceptors (Lipinski definition) is 3. The van der Waals surface area contributed by atoms with E-state index in [9.17, 15) is 4.79 Å². The average molecular weight is 336 g/mol. The largest absolute Gasteiger partial charge is 0.370 e. The van der Waals surface area contributed by atoms with Crippen LogP contribution in [0.2, 0.25) is 0 Å². The Labute approximate surface area is 147 Å². The van der Waals surface area contributed by atoms with E-state index in [4.69, 9.17) is 0 Å². The third kappa shape index (κ3) is 4.38. The molecule has 5 nitrogen and oxygen atoms in total. The number of amides is 1. The van der Waals surface area contributed by atoms with Gasteiger partial charge in [0.2, 0.25) is 0 Å². The number of nitrogens with zero attached hydrogens (tertiary/aromatic N) is 1. The molecule has 130 valence electrons. The van der Waals surface area contributed by atoms with Crippen molar-refractivity contribution in [2.75, 3.05) is 18.4 Å². The zero-order valence-corrected chi connectivity index (χ0v) is 14.7. The molecule has 5 heteroatoms. The smallest absolute Gasteiger partial charge is 0.252 e. The summed E-state index contributed by atoms with van der Waals surface area (Å²) in [6.45, 7) is 5.59. The summed E-state index contributed by atoms with van der Waals surface area (Å²) in [6.07, 6.45) is 4.58. The minimum atomic E-state index is -0.0773. The summed E-state index contributed by atoms with van der Waals surface area (Å²) in [5.74, 6) is 1.13. The number of pyridine rings is 1. The maximum Gasteiger partial charge on any atom is 0.252 e. The van der Waals surface area contributed by atoms with E-state index in [1.807, 2.05) is 12.1 Å². The van der Waals surface area contributed by atoms with Gasteiger partial charge in [-0.15, -0.1) is 0 Å². The summed E-state index contributed by atoms with van der Waals surface area (Å²) >= 11 is 0. The summed E-state index contributed by atoms with van der Waals surface area (Å²) < 4.78 is 0. The lowest BCUT2D eigenvalue weighted by Gasteiger charge is -2.08. The third-order valence-corrected chi connectivity index (χ3v) is 4.07. The highest BCUT2D eigenvalue weighted by Crippen LogP contribution is 2.18. The van der Waals surface area contributed by atoms with Gasteiger partial charge in [-0.05, 0) is 36.1 Å². The Kier molecular flexibility index (Phi) is 5.33. The number of benzene rings is 1. The summed E-state index contributed by atoms with van der Waals surface area (Å²) in [6, 6.07) is 11.9. The number of fused-ring (bicyclic) bond motifs is 1. The van der Waals surface area contributed by atoms with E-state index < -0.39 is 0 Å². The minimum Gasteiger partial charge on any atom is -0.370 e. The first-order valence-electron chi connectivity index (χ1n) is 8.66. The van der Waals surface area contributed by atoms with Gasteiger partial charge < -0.3 is 15.6 Å². The van der Waals surface area contributed by atoms with Crippen LogP contribution >= 0.6 is 0 Å². The molecule has 0 saturated heterocycles. The third-order valence-electron chi connectivity index (χ3n) is 4.07. The first-order valence-corrected chi connectivity index (χ1v) is 8.66. The Morgan fingerprint density at radius 2 is 2.04 bits per heavy atom. The van der Waals surface area contributed by atoms with Crippen molar-refractivity contribution in [3.63, 3.8) is 0 Å². The minimum absolute atomic E-state index is 0.0773. The van der Waals surface area contributed by atoms with Crippen LogP contribution in [0.15, 0.2) is 48.8 Å². The van der Waals surface area contributed by atoms with Crippen LogP contribution in [0.5, 0.6) is 0 Å². The Balaban J connectivity index is 1.53. The van der Waals surface area contributed by atoms with Crippen molar-refractivity contribution in [1.29, 1.82) is 0 Å². The van der Waals surface area contributed by atoms with Crippen molar-refractivity contribution >= 4 is 22.6 Å². The molecule has 3 rings (SSSR count). The van der Waals surface area contributed by atoms with Crippen LogP contribution in [-0.2, 0) is 6.42 Å². The first-order chi connectivity index (χ1) is 12.1. The molecule has 2 heterocycles. The second-order valence-corrected chi connectivity index (χ2v) is 6.57. The van der Waals surface area contributed by atoms with Crippen LogP contribution in [0.1, 0.15) is 29.8 Å². The molecule has 2 aromatic heterocycles. The van der Waals surface area contributed by atoms with Crippen molar-refractivity contribution < 1.29 is 4.79 Å². The van der Waals surface area contributed by atoms with Gasteiger partial charge in [0, 0.05) is 36.4 Å². The van der Waals surface area contributed by atoms with Crippen LogP contribution in [0.25, 0.3) is 10.9 Å². The van der Waals surface area contributed by atoms with Crippen molar-refractivity contribution in [3.8, 4) is 0 Å². The molecule has 0 unspecified atom stereocenters. The maximum absolute atomic E-state index is 12.0. The number of para-hydroxylation sites is 1. The van der Waals surface area contributed by atoms with Crippen molar-refractivity contribution in [1.82, 2.24) is 15.3 Å². The lowest BCUT2D eigenvalue weighted by atomic mass is 10.1. The Bertz CT molecular complexity index is 836. The topological polar surface area (TPSA) is 69.8 Å². The number of hydrogen-bond donors (Lipinski definition) is 3. The summed E-state index contributed by atoms with van der Waals surface area (Å²) in [5, 5.41) is 7.46. The van der Waals surface area contributed by atoms with E-state index in [0.29, 0.717) is 18.0 Å². The van der Waals surface area contributed by atoms with Crippen molar-refractivity contribution in [2.24, 2.45) is 5.92 Å². The fourth-order valence-electron chi connectivity index (χ4n) is 2.70. The van der Waals surface area contributed by atoms with Crippen molar-refractivity contribution in [3.05, 3.63) is 59.9 Å². The number of anilines is 1. The molecule has 0 fully saturated rings. The normalized spacial score (nSPS) is 11.0. The van der Waals surface area contributed by atoms with Gasteiger partial charge in [-0.1, -0.05) is 32.0 Å². The lowest BCUT2D eigenvalue weighted by molar-refractivity contribution is 0.0948. The Morgan fingerprint density at radius 1 is 1.20 bits per heavy atom. The molecule has 1 amide bonds. The van der Waals surface area contributed by atoms with E-state index >= 15 is 0 Å². The molecular weight excluding hydrogens is 312 g/mol. The predicted octanol–water partition coefficient (Wildman–Crippen LogP) is 3.60. The molecule has 3 aromatic rings. The fraction of sp³-hybridized carbons (Fsp3) is 0.300. The van der Waals surface area contributed by atoms with Crippen LogP contribution < -0.4 is 10.6 Å². The standard InChI is InChI=1S/C20H24N4O/c1-14(2)11-24-20(25)16-7-8-19(23-13-16)21-10-9-15-12-22-18-6-4-3-5-17(15)18/h3-8,12-14,22H,9-11H2,1-2H3,(H,21,23)(H,24,25). The summed E-state index contributed by atoms with van der Waals surface area (Å²) in [4.78, 5) is 19.6. The molecule has 0 aliphatic carbocycles. The number of H-pyrrole nitrogens is 1. The average Bonchev–Trinajstić information content (AvgIpc) is 3.03. The van der Waals surface area contributed by atoms with Crippen LogP contribution in [0.4, 0.5) is 5.82 Å². The van der Waals surface area contributed by atoms with E-state index in [0.717, 1.165) is 24.3 Å². The molecule has 0 bridgehead atoms. The molecule has 3 N–H and O–H groups in total. The summed E-state index contributed by atoms with van der Waals surface area (Å²) in [7, 11) is 0. The lowest BCUT2D eigenvalue weighted by Crippen LogP contribution is -2.27. The zero-order chi connectivity index (χ0) is 17.6. The van der Waals surface area contributed by atoms with Crippen LogP contribution in [0, 0.1) is 5.92 Å². The number of carbonyl (C=O) groups is 1. The quantitative estimate of drug-likeness (QED) is 0.617. The highest BCUT2D eigenvalue weighted by Gasteiger charge is 2.07. The number of nitrogens with one attached hydrogen (secondary N) is 3. The Morgan fingerprint density at radius 3 is 2.80 bits per heavy atom. The SMILES string of the molecule is CC(C)CNC(=O)c1ccc(NCCc2c[nH]c3ccccc23)nc1. The van der Waals surface area contributed by atoms with Gasteiger partial charge >= 0.3 is 0 Å². The highest BCUT2D eigenvalue weighted by atomic mass is 16.1. The van der Waals surface area contributed by atoms with Gasteiger partial charge in [0.15, 0.2) is 0 Å². The molecule has 0 saturated carbocycles. The van der Waals surface area contributed by atoms with Gasteiger partial charge in [0.05, 0.1) is 5.56 Å². The van der Waals surface area contributed by atoms with Gasteiger partial charge in [-0.25, -0.2) is 4.98 Å². The maximum atomic E-state index is 12.0. The number of aromatic nitrogens is 2. The number of aromatic amines is 1. The van der Waals surface area contributed by atoms with Gasteiger partial charge in [0.25, 0.3) is 5.91 Å². The fourth-order valence-corrected chi connectivity index (χ4v) is 2.70. The van der Waals surface area contributed by atoms with E-state index in [1.54, 1.807) is 12.3 Å². The highest BCUT2D eigenvalue weighted by molar-refractivity contribution is 5.94. The van der Waals surface area contributed by atoms with E-state index in [1.165, 1.54) is 10.9 Å². The first kappa shape index (κ1) is 17.0. The number of carbonyl (C=O) groups excluding carboxylic acids is 1. The molecule has 0 atom stereocenters. The molecule has 1 aromatic carbocycles. The predicted molar refractivity (Wildman–Crippen MR) is 102 cm³/mol. The van der Waals surface area contributed by atoms with Gasteiger partial charge in [-0.2, -0.15) is 0 Å². The molecule has 0 radical (unpaired) electrons. The second kappa shape index (κ2) is 7.83. The molecule has 0 aliphatic heterocycles. The van der Waals surface area contributed by atoms with Crippen LogP contribution in [-0.4, -0.2) is 29.0 Å². The van der Waals surface area contributed by atoms with Gasteiger partial charge in [-0.3, -0.25) is 4.79 Å². The van der Waals surface area contributed by atoms with Crippen LogP contribution in [0.3, 0.4) is 0 Å². The summed E-state index contributed by atoms with van der Waals surface area (Å²) in [5.41, 5.74) is 3.03.